The quantitative estimate of drug-likeness (QED) is 0.357. The molecule has 0 aliphatic heterocycles. The Morgan fingerprint density at radius 1 is 0.938 bits per heavy atom. The summed E-state index contributed by atoms with van der Waals surface area (Å²) in [5.74, 6) is 0.111. The molecule has 1 heterocycles. The molecule has 0 spiro atoms. The predicted molar refractivity (Wildman–Crippen MR) is 128 cm³/mol. The van der Waals surface area contributed by atoms with Crippen LogP contribution >= 0.6 is 23.4 Å². The first kappa shape index (κ1) is 23.8. The first-order valence-corrected chi connectivity index (χ1v) is 11.6. The highest BCUT2D eigenvalue weighted by molar-refractivity contribution is 7.98. The van der Waals surface area contributed by atoms with Crippen molar-refractivity contribution in [2.24, 2.45) is 0 Å². The van der Waals surface area contributed by atoms with Crippen molar-refractivity contribution < 1.29 is 9.59 Å². The molecule has 2 amide bonds. The van der Waals surface area contributed by atoms with Crippen molar-refractivity contribution in [1.82, 2.24) is 20.6 Å². The van der Waals surface area contributed by atoms with E-state index in [2.05, 4.69) is 44.9 Å². The van der Waals surface area contributed by atoms with E-state index in [1.807, 2.05) is 38.1 Å². The number of aryl methyl sites for hydroxylation is 2. The summed E-state index contributed by atoms with van der Waals surface area (Å²) in [6.07, 6.45) is 1.59. The summed E-state index contributed by atoms with van der Waals surface area (Å²) in [7, 11) is 0. The molecule has 3 rings (SSSR count). The standard InChI is InChI=1S/C24H25ClN4O2S/c1-16-3-7-18(8-4-16)13-27-21(30)11-12-26-23(31)22-20(25)14-28-24(29-22)32-15-19-9-5-17(2)6-10-19/h3-10,14H,11-13,15H2,1-2H3,(H,26,31)(H,27,30). The molecule has 2 N–H and O–H groups in total. The van der Waals surface area contributed by atoms with Gasteiger partial charge in [-0.1, -0.05) is 83.0 Å². The molecule has 0 radical (unpaired) electrons. The Morgan fingerprint density at radius 3 is 2.22 bits per heavy atom. The summed E-state index contributed by atoms with van der Waals surface area (Å²) >= 11 is 7.55. The van der Waals surface area contributed by atoms with Crippen molar-refractivity contribution in [3.8, 4) is 0 Å². The molecule has 32 heavy (non-hydrogen) atoms. The third kappa shape index (κ3) is 7.35. The van der Waals surface area contributed by atoms with E-state index in [-0.39, 0.29) is 29.6 Å². The van der Waals surface area contributed by atoms with E-state index in [1.165, 1.54) is 29.1 Å². The summed E-state index contributed by atoms with van der Waals surface area (Å²) in [5.41, 5.74) is 4.64. The van der Waals surface area contributed by atoms with Crippen LogP contribution < -0.4 is 10.6 Å². The van der Waals surface area contributed by atoms with Crippen LogP contribution in [-0.4, -0.2) is 28.3 Å². The number of nitrogens with one attached hydrogen (secondary N) is 2. The fraction of sp³-hybridized carbons (Fsp3) is 0.250. The van der Waals surface area contributed by atoms with Crippen molar-refractivity contribution in [3.05, 3.63) is 87.7 Å². The maximum Gasteiger partial charge on any atom is 0.271 e. The van der Waals surface area contributed by atoms with Crippen LogP contribution in [0.25, 0.3) is 0 Å². The number of hydrogen-bond donors (Lipinski definition) is 2. The minimum Gasteiger partial charge on any atom is -0.352 e. The first-order chi connectivity index (χ1) is 15.4. The fourth-order valence-electron chi connectivity index (χ4n) is 2.78. The molecular weight excluding hydrogens is 444 g/mol. The van der Waals surface area contributed by atoms with E-state index in [0.29, 0.717) is 17.5 Å². The van der Waals surface area contributed by atoms with Crippen LogP contribution in [0.2, 0.25) is 5.02 Å². The van der Waals surface area contributed by atoms with Crippen molar-refractivity contribution in [2.45, 2.75) is 37.7 Å². The largest absolute Gasteiger partial charge is 0.352 e. The fourth-order valence-corrected chi connectivity index (χ4v) is 3.73. The highest BCUT2D eigenvalue weighted by Crippen LogP contribution is 2.22. The van der Waals surface area contributed by atoms with E-state index >= 15 is 0 Å². The monoisotopic (exact) mass is 468 g/mol. The van der Waals surface area contributed by atoms with Gasteiger partial charge in [0.05, 0.1) is 11.2 Å². The minimum atomic E-state index is -0.430. The number of amides is 2. The van der Waals surface area contributed by atoms with Gasteiger partial charge >= 0.3 is 0 Å². The van der Waals surface area contributed by atoms with E-state index in [0.717, 1.165) is 11.1 Å². The summed E-state index contributed by atoms with van der Waals surface area (Å²) in [6, 6.07) is 16.2. The second-order valence-corrected chi connectivity index (χ2v) is 8.74. The Hall–Kier alpha value is -2.90. The summed E-state index contributed by atoms with van der Waals surface area (Å²) in [5, 5.41) is 6.18. The zero-order valence-electron chi connectivity index (χ0n) is 18.0. The molecule has 0 fully saturated rings. The third-order valence-electron chi connectivity index (χ3n) is 4.67. The summed E-state index contributed by atoms with van der Waals surface area (Å²) in [4.78, 5) is 33.0. The lowest BCUT2D eigenvalue weighted by Crippen LogP contribution is -2.31. The van der Waals surface area contributed by atoms with Crippen LogP contribution in [0.4, 0.5) is 0 Å². The van der Waals surface area contributed by atoms with E-state index in [1.54, 1.807) is 0 Å². The second-order valence-electron chi connectivity index (χ2n) is 7.39. The summed E-state index contributed by atoms with van der Waals surface area (Å²) < 4.78 is 0. The second kappa shape index (κ2) is 11.6. The van der Waals surface area contributed by atoms with Gasteiger partial charge in [-0.25, -0.2) is 9.97 Å². The predicted octanol–water partition coefficient (Wildman–Crippen LogP) is 4.48. The van der Waals surface area contributed by atoms with Gasteiger partial charge in [-0.2, -0.15) is 0 Å². The number of halogens is 1. The Morgan fingerprint density at radius 2 is 1.56 bits per heavy atom. The van der Waals surface area contributed by atoms with Crippen molar-refractivity contribution in [2.75, 3.05) is 6.54 Å². The molecule has 3 aromatic rings. The van der Waals surface area contributed by atoms with Gasteiger partial charge in [-0.3, -0.25) is 9.59 Å². The maximum absolute atomic E-state index is 12.5. The average Bonchev–Trinajstić information content (AvgIpc) is 2.79. The number of benzene rings is 2. The molecule has 166 valence electrons. The Balaban J connectivity index is 1.46. The number of hydrogen-bond acceptors (Lipinski definition) is 5. The molecule has 2 aromatic carbocycles. The number of nitrogens with zero attached hydrogens (tertiary/aromatic N) is 2. The van der Waals surface area contributed by atoms with Gasteiger partial charge in [0.1, 0.15) is 0 Å². The zero-order valence-corrected chi connectivity index (χ0v) is 19.6. The Bertz CT molecular complexity index is 1070. The molecule has 0 unspecified atom stereocenters. The van der Waals surface area contributed by atoms with Gasteiger partial charge in [0.15, 0.2) is 10.9 Å². The molecule has 1 aromatic heterocycles. The van der Waals surface area contributed by atoms with E-state index < -0.39 is 5.91 Å². The van der Waals surface area contributed by atoms with Crippen LogP contribution in [0.3, 0.4) is 0 Å². The van der Waals surface area contributed by atoms with Gasteiger partial charge in [0.25, 0.3) is 5.91 Å². The van der Waals surface area contributed by atoms with Gasteiger partial charge in [-0.05, 0) is 25.0 Å². The third-order valence-corrected chi connectivity index (χ3v) is 5.88. The highest BCUT2D eigenvalue weighted by Gasteiger charge is 2.15. The Kier molecular flexibility index (Phi) is 8.64. The summed E-state index contributed by atoms with van der Waals surface area (Å²) in [6.45, 7) is 4.69. The first-order valence-electron chi connectivity index (χ1n) is 10.2. The lowest BCUT2D eigenvalue weighted by atomic mass is 10.1. The molecule has 0 aliphatic rings. The van der Waals surface area contributed by atoms with Gasteiger partial charge < -0.3 is 10.6 Å². The zero-order chi connectivity index (χ0) is 22.9. The van der Waals surface area contributed by atoms with Crippen molar-refractivity contribution >= 4 is 35.2 Å². The lowest BCUT2D eigenvalue weighted by Gasteiger charge is -2.08. The normalized spacial score (nSPS) is 10.6. The topological polar surface area (TPSA) is 84.0 Å². The number of thioether (sulfide) groups is 1. The highest BCUT2D eigenvalue weighted by atomic mass is 35.5. The maximum atomic E-state index is 12.5. The van der Waals surface area contributed by atoms with Crippen LogP contribution in [0.5, 0.6) is 0 Å². The van der Waals surface area contributed by atoms with Crippen LogP contribution in [0.15, 0.2) is 59.9 Å². The SMILES string of the molecule is Cc1ccc(CNC(=O)CCNC(=O)c2nc(SCc3ccc(C)cc3)ncc2Cl)cc1. The van der Waals surface area contributed by atoms with E-state index in [4.69, 9.17) is 11.6 Å². The molecule has 0 bridgehead atoms. The molecule has 0 atom stereocenters. The van der Waals surface area contributed by atoms with Crippen molar-refractivity contribution in [1.29, 1.82) is 0 Å². The Labute approximate surface area is 197 Å². The average molecular weight is 469 g/mol. The molecular formula is C24H25ClN4O2S. The molecule has 0 saturated heterocycles. The number of aromatic nitrogens is 2. The van der Waals surface area contributed by atoms with Crippen LogP contribution in [0.1, 0.15) is 39.2 Å². The van der Waals surface area contributed by atoms with E-state index in [9.17, 15) is 9.59 Å². The smallest absolute Gasteiger partial charge is 0.271 e. The molecule has 0 saturated carbocycles. The lowest BCUT2D eigenvalue weighted by molar-refractivity contribution is -0.121. The number of carbonyl (C=O) groups is 2. The van der Waals surface area contributed by atoms with Gasteiger partial charge in [0.2, 0.25) is 5.91 Å². The van der Waals surface area contributed by atoms with Gasteiger partial charge in [-0.15, -0.1) is 0 Å². The van der Waals surface area contributed by atoms with Crippen LogP contribution in [0, 0.1) is 13.8 Å². The van der Waals surface area contributed by atoms with Crippen LogP contribution in [-0.2, 0) is 17.1 Å². The minimum absolute atomic E-state index is 0.105. The number of rotatable bonds is 9. The number of carbonyl (C=O) groups excluding carboxylic acids is 2. The van der Waals surface area contributed by atoms with Gasteiger partial charge in [0, 0.05) is 25.3 Å². The molecule has 6 nitrogen and oxygen atoms in total. The van der Waals surface area contributed by atoms with Crippen molar-refractivity contribution in [3.63, 3.8) is 0 Å². The molecule has 8 heteroatoms. The molecule has 0 aliphatic carbocycles.